The first-order chi connectivity index (χ1) is 11.7. The number of ether oxygens (including phenoxy) is 1. The van der Waals surface area contributed by atoms with Gasteiger partial charge in [0.05, 0.1) is 18.7 Å². The molecule has 0 amide bonds. The molecule has 0 fully saturated rings. The van der Waals surface area contributed by atoms with Gasteiger partial charge in [0.2, 0.25) is 0 Å². The number of nitrogens with zero attached hydrogens (tertiary/aromatic N) is 3. The van der Waals surface area contributed by atoms with Gasteiger partial charge in [-0.2, -0.15) is 0 Å². The maximum Gasteiger partial charge on any atom is 0.137 e. The van der Waals surface area contributed by atoms with Gasteiger partial charge in [0, 0.05) is 11.9 Å². The van der Waals surface area contributed by atoms with Crippen LogP contribution in [0.25, 0.3) is 10.9 Å². The number of benzene rings is 2. The SMILES string of the molecule is COc1ccc([C@@H](CNc2ncnc3ccccc23)N(C)C)cc1. The highest BCUT2D eigenvalue weighted by molar-refractivity contribution is 5.88. The summed E-state index contributed by atoms with van der Waals surface area (Å²) in [7, 11) is 5.84. The van der Waals surface area contributed by atoms with E-state index in [1.165, 1.54) is 5.56 Å². The minimum absolute atomic E-state index is 0.227. The summed E-state index contributed by atoms with van der Waals surface area (Å²) < 4.78 is 5.24. The molecule has 1 aromatic heterocycles. The van der Waals surface area contributed by atoms with E-state index in [0.29, 0.717) is 0 Å². The normalized spacial score (nSPS) is 12.3. The van der Waals surface area contributed by atoms with Gasteiger partial charge in [0.15, 0.2) is 0 Å². The number of methoxy groups -OCH3 is 1. The number of hydrogen-bond donors (Lipinski definition) is 1. The molecular formula is C19H22N4O. The molecule has 0 aliphatic carbocycles. The van der Waals surface area contributed by atoms with E-state index in [1.54, 1.807) is 13.4 Å². The van der Waals surface area contributed by atoms with Crippen LogP contribution >= 0.6 is 0 Å². The van der Waals surface area contributed by atoms with E-state index in [4.69, 9.17) is 4.74 Å². The number of aromatic nitrogens is 2. The average molecular weight is 322 g/mol. The van der Waals surface area contributed by atoms with Crippen molar-refractivity contribution in [1.82, 2.24) is 14.9 Å². The van der Waals surface area contributed by atoms with Crippen molar-refractivity contribution >= 4 is 16.7 Å². The molecule has 5 nitrogen and oxygen atoms in total. The van der Waals surface area contributed by atoms with Crippen LogP contribution in [0.4, 0.5) is 5.82 Å². The first-order valence-electron chi connectivity index (χ1n) is 7.93. The molecule has 5 heteroatoms. The molecule has 1 heterocycles. The van der Waals surface area contributed by atoms with Crippen molar-refractivity contribution in [3.63, 3.8) is 0 Å². The molecule has 0 bridgehead atoms. The summed E-state index contributed by atoms with van der Waals surface area (Å²) in [5.41, 5.74) is 2.17. The molecule has 124 valence electrons. The molecule has 0 radical (unpaired) electrons. The van der Waals surface area contributed by atoms with Gasteiger partial charge in [-0.3, -0.25) is 0 Å². The Hall–Kier alpha value is -2.66. The zero-order valence-corrected chi connectivity index (χ0v) is 14.2. The lowest BCUT2D eigenvalue weighted by molar-refractivity contribution is 0.311. The summed E-state index contributed by atoms with van der Waals surface area (Å²) in [6, 6.07) is 16.4. The monoisotopic (exact) mass is 322 g/mol. The third kappa shape index (κ3) is 3.46. The highest BCUT2D eigenvalue weighted by Crippen LogP contribution is 2.23. The third-order valence-corrected chi connectivity index (χ3v) is 4.13. The Morgan fingerprint density at radius 1 is 1.04 bits per heavy atom. The molecule has 1 atom stereocenters. The Morgan fingerprint density at radius 2 is 1.79 bits per heavy atom. The molecule has 1 N–H and O–H groups in total. The highest BCUT2D eigenvalue weighted by atomic mass is 16.5. The fourth-order valence-corrected chi connectivity index (χ4v) is 2.76. The minimum atomic E-state index is 0.227. The number of para-hydroxylation sites is 1. The van der Waals surface area contributed by atoms with E-state index >= 15 is 0 Å². The van der Waals surface area contributed by atoms with Crippen molar-refractivity contribution in [2.75, 3.05) is 33.1 Å². The van der Waals surface area contributed by atoms with Gasteiger partial charge in [-0.05, 0) is 43.9 Å². The number of likely N-dealkylation sites (N-methyl/N-ethyl adjacent to an activating group) is 1. The average Bonchev–Trinajstić information content (AvgIpc) is 2.62. The number of nitrogens with one attached hydrogen (secondary N) is 1. The van der Waals surface area contributed by atoms with Crippen molar-refractivity contribution in [3.8, 4) is 5.75 Å². The van der Waals surface area contributed by atoms with Crippen LogP contribution in [0.15, 0.2) is 54.9 Å². The van der Waals surface area contributed by atoms with Crippen LogP contribution in [-0.2, 0) is 0 Å². The third-order valence-electron chi connectivity index (χ3n) is 4.13. The predicted octanol–water partition coefficient (Wildman–Crippen LogP) is 3.35. The summed E-state index contributed by atoms with van der Waals surface area (Å²) in [5.74, 6) is 1.73. The van der Waals surface area contributed by atoms with E-state index in [2.05, 4.69) is 46.4 Å². The van der Waals surface area contributed by atoms with Crippen LogP contribution in [-0.4, -0.2) is 42.6 Å². The summed E-state index contributed by atoms with van der Waals surface area (Å²) in [6.07, 6.45) is 1.60. The fourth-order valence-electron chi connectivity index (χ4n) is 2.76. The van der Waals surface area contributed by atoms with Crippen molar-refractivity contribution in [2.24, 2.45) is 0 Å². The van der Waals surface area contributed by atoms with Gasteiger partial charge in [-0.25, -0.2) is 9.97 Å². The molecule has 0 spiro atoms. The van der Waals surface area contributed by atoms with E-state index in [9.17, 15) is 0 Å². The van der Waals surface area contributed by atoms with E-state index in [0.717, 1.165) is 29.0 Å². The minimum Gasteiger partial charge on any atom is -0.497 e. The van der Waals surface area contributed by atoms with E-state index < -0.39 is 0 Å². The summed E-state index contributed by atoms with van der Waals surface area (Å²) in [4.78, 5) is 10.9. The van der Waals surface area contributed by atoms with Gasteiger partial charge in [0.1, 0.15) is 17.9 Å². The molecule has 0 aliphatic heterocycles. The topological polar surface area (TPSA) is 50.3 Å². The fraction of sp³-hybridized carbons (Fsp3) is 0.263. The Bertz CT molecular complexity index is 797. The summed E-state index contributed by atoms with van der Waals surface area (Å²) in [6.45, 7) is 0.750. The zero-order valence-electron chi connectivity index (χ0n) is 14.2. The lowest BCUT2D eigenvalue weighted by Crippen LogP contribution is -2.27. The molecule has 0 saturated heterocycles. The second-order valence-corrected chi connectivity index (χ2v) is 5.87. The van der Waals surface area contributed by atoms with E-state index in [-0.39, 0.29) is 6.04 Å². The van der Waals surface area contributed by atoms with Crippen LogP contribution in [0.3, 0.4) is 0 Å². The summed E-state index contributed by atoms with van der Waals surface area (Å²) >= 11 is 0. The quantitative estimate of drug-likeness (QED) is 0.754. The van der Waals surface area contributed by atoms with Crippen LogP contribution in [0.1, 0.15) is 11.6 Å². The van der Waals surface area contributed by atoms with Crippen molar-refractivity contribution in [3.05, 3.63) is 60.4 Å². The van der Waals surface area contributed by atoms with Gasteiger partial charge < -0.3 is 15.0 Å². The standard InChI is InChI=1S/C19H22N4O/c1-23(2)18(14-8-10-15(24-3)11-9-14)12-20-19-16-6-4-5-7-17(16)21-13-22-19/h4-11,13,18H,12H2,1-3H3,(H,20,21,22)/t18-/m1/s1. The molecule has 0 unspecified atom stereocenters. The lowest BCUT2D eigenvalue weighted by atomic mass is 10.1. The molecule has 2 aromatic carbocycles. The molecule has 3 rings (SSSR count). The maximum absolute atomic E-state index is 5.24. The van der Waals surface area contributed by atoms with Gasteiger partial charge in [-0.15, -0.1) is 0 Å². The second kappa shape index (κ2) is 7.27. The van der Waals surface area contributed by atoms with Crippen molar-refractivity contribution in [2.45, 2.75) is 6.04 Å². The summed E-state index contributed by atoms with van der Waals surface area (Å²) in [5, 5.41) is 4.51. The van der Waals surface area contributed by atoms with Gasteiger partial charge in [-0.1, -0.05) is 24.3 Å². The predicted molar refractivity (Wildman–Crippen MR) is 97.4 cm³/mol. The first-order valence-corrected chi connectivity index (χ1v) is 7.93. The van der Waals surface area contributed by atoms with Gasteiger partial charge >= 0.3 is 0 Å². The molecule has 3 aromatic rings. The van der Waals surface area contributed by atoms with Crippen LogP contribution in [0, 0.1) is 0 Å². The van der Waals surface area contributed by atoms with Crippen molar-refractivity contribution in [1.29, 1.82) is 0 Å². The van der Waals surface area contributed by atoms with Crippen LogP contribution in [0.5, 0.6) is 5.75 Å². The molecule has 0 aliphatic rings. The van der Waals surface area contributed by atoms with Crippen molar-refractivity contribution < 1.29 is 4.74 Å². The Kier molecular flexibility index (Phi) is 4.91. The molecule has 0 saturated carbocycles. The molecule has 24 heavy (non-hydrogen) atoms. The van der Waals surface area contributed by atoms with Crippen LogP contribution < -0.4 is 10.1 Å². The number of rotatable bonds is 6. The maximum atomic E-state index is 5.24. The number of anilines is 1. The largest absolute Gasteiger partial charge is 0.497 e. The van der Waals surface area contributed by atoms with E-state index in [1.807, 2.05) is 36.4 Å². The number of fused-ring (bicyclic) bond motifs is 1. The zero-order chi connectivity index (χ0) is 16.9. The highest BCUT2D eigenvalue weighted by Gasteiger charge is 2.15. The number of hydrogen-bond acceptors (Lipinski definition) is 5. The Labute approximate surface area is 142 Å². The lowest BCUT2D eigenvalue weighted by Gasteiger charge is -2.25. The first kappa shape index (κ1) is 16.2. The Morgan fingerprint density at radius 3 is 2.50 bits per heavy atom. The Balaban J connectivity index is 1.80. The second-order valence-electron chi connectivity index (χ2n) is 5.87. The van der Waals surface area contributed by atoms with Gasteiger partial charge in [0.25, 0.3) is 0 Å². The smallest absolute Gasteiger partial charge is 0.137 e. The molecular weight excluding hydrogens is 300 g/mol. The van der Waals surface area contributed by atoms with Crippen LogP contribution in [0.2, 0.25) is 0 Å².